The summed E-state index contributed by atoms with van der Waals surface area (Å²) in [6.45, 7) is 4.95. The molecule has 1 amide bonds. The number of rotatable bonds is 3. The highest BCUT2D eigenvalue weighted by molar-refractivity contribution is 5.74. The van der Waals surface area contributed by atoms with Crippen LogP contribution in [0.15, 0.2) is 42.6 Å². The summed E-state index contributed by atoms with van der Waals surface area (Å²) in [5, 5.41) is 0. The van der Waals surface area contributed by atoms with Crippen molar-refractivity contribution in [2.45, 2.75) is 38.1 Å². The van der Waals surface area contributed by atoms with Crippen LogP contribution in [0.5, 0.6) is 11.6 Å². The summed E-state index contributed by atoms with van der Waals surface area (Å²) in [4.78, 5) is 20.4. The van der Waals surface area contributed by atoms with E-state index in [-0.39, 0.29) is 12.0 Å². The first-order chi connectivity index (χ1) is 13.2. The minimum Gasteiger partial charge on any atom is -0.484 e. The third-order valence-electron chi connectivity index (χ3n) is 5.88. The maximum Gasteiger partial charge on any atom is 0.257 e. The monoisotopic (exact) mass is 365 g/mol. The zero-order valence-corrected chi connectivity index (χ0v) is 15.4. The molecule has 0 aliphatic carbocycles. The molecule has 27 heavy (non-hydrogen) atoms. The molecule has 4 heterocycles. The molecule has 0 spiro atoms. The molecule has 1 aromatic heterocycles. The third kappa shape index (κ3) is 3.04. The van der Waals surface area contributed by atoms with Crippen LogP contribution in [-0.2, 0) is 11.3 Å². The number of aromatic nitrogens is 1. The number of fused-ring (bicyclic) bond motifs is 3. The second kappa shape index (κ2) is 6.53. The highest BCUT2D eigenvalue weighted by atomic mass is 16.6. The Kier molecular flexibility index (Phi) is 4.01. The topological polar surface area (TPSA) is 54.9 Å². The first kappa shape index (κ1) is 16.6. The maximum atomic E-state index is 11.6. The molecule has 140 valence electrons. The second-order valence-electron chi connectivity index (χ2n) is 7.61. The number of carbonyl (C=O) groups excluding carboxylic acids is 1. The maximum absolute atomic E-state index is 11.6. The van der Waals surface area contributed by atoms with Crippen LogP contribution >= 0.6 is 0 Å². The van der Waals surface area contributed by atoms with Crippen LogP contribution in [0.25, 0.3) is 0 Å². The fourth-order valence-electron chi connectivity index (χ4n) is 4.47. The Labute approximate surface area is 158 Å². The number of likely N-dealkylation sites (tertiary alicyclic amines) is 2. The lowest BCUT2D eigenvalue weighted by Gasteiger charge is -2.33. The lowest BCUT2D eigenvalue weighted by molar-refractivity contribution is -0.131. The highest BCUT2D eigenvalue weighted by Gasteiger charge is 2.43. The Bertz CT molecular complexity index is 854. The number of ether oxygens (including phenoxy) is 2. The van der Waals surface area contributed by atoms with Crippen molar-refractivity contribution >= 4 is 5.91 Å². The van der Waals surface area contributed by atoms with Gasteiger partial charge in [-0.25, -0.2) is 4.98 Å². The first-order valence-corrected chi connectivity index (χ1v) is 9.52. The van der Waals surface area contributed by atoms with Crippen molar-refractivity contribution in [1.82, 2.24) is 14.8 Å². The Balaban J connectivity index is 1.23. The quantitative estimate of drug-likeness (QED) is 0.836. The van der Waals surface area contributed by atoms with Gasteiger partial charge in [0.05, 0.1) is 0 Å². The molecule has 2 aromatic rings. The van der Waals surface area contributed by atoms with Crippen molar-refractivity contribution in [3.8, 4) is 11.6 Å². The van der Waals surface area contributed by atoms with Gasteiger partial charge in [-0.05, 0) is 29.7 Å². The fourth-order valence-corrected chi connectivity index (χ4v) is 4.47. The van der Waals surface area contributed by atoms with Gasteiger partial charge in [0.15, 0.2) is 11.9 Å². The summed E-state index contributed by atoms with van der Waals surface area (Å²) in [6, 6.07) is 13.2. The molecule has 3 atom stereocenters. The average Bonchev–Trinajstić information content (AvgIpc) is 3.29. The van der Waals surface area contributed by atoms with Crippen LogP contribution in [0.1, 0.15) is 30.6 Å². The number of nitrogens with zero attached hydrogens (tertiary/aromatic N) is 3. The van der Waals surface area contributed by atoms with Crippen LogP contribution in [0.3, 0.4) is 0 Å². The van der Waals surface area contributed by atoms with E-state index in [2.05, 4.69) is 34.1 Å². The summed E-state index contributed by atoms with van der Waals surface area (Å²) in [6.07, 6.45) is 2.69. The van der Waals surface area contributed by atoms with Crippen LogP contribution < -0.4 is 9.47 Å². The van der Waals surface area contributed by atoms with Crippen molar-refractivity contribution in [3.63, 3.8) is 0 Å². The molecule has 3 aliphatic rings. The summed E-state index contributed by atoms with van der Waals surface area (Å²) >= 11 is 0. The van der Waals surface area contributed by atoms with Crippen LogP contribution in [0.4, 0.5) is 0 Å². The van der Waals surface area contributed by atoms with Gasteiger partial charge in [0.25, 0.3) is 5.88 Å². The molecule has 3 aliphatic heterocycles. The van der Waals surface area contributed by atoms with Crippen LogP contribution in [0.2, 0.25) is 0 Å². The number of carbonyl (C=O) groups is 1. The molecule has 2 saturated heterocycles. The standard InChI is InChI=1S/C21H23N3O3/c1-14(25)24-12-17-9-18(24)11-23(17)10-15-4-6-16(7-5-15)20-13-26-19-3-2-8-22-21(19)27-20/h2-8,17-18,20H,9-13H2,1H3. The van der Waals surface area contributed by atoms with Crippen LogP contribution in [0, 0.1) is 0 Å². The van der Waals surface area contributed by atoms with Gasteiger partial charge in [-0.15, -0.1) is 0 Å². The number of pyridine rings is 1. The lowest BCUT2D eigenvalue weighted by atomic mass is 10.1. The third-order valence-corrected chi connectivity index (χ3v) is 5.88. The minimum atomic E-state index is -0.131. The summed E-state index contributed by atoms with van der Waals surface area (Å²) in [7, 11) is 0. The predicted octanol–water partition coefficient (Wildman–Crippen LogP) is 2.40. The average molecular weight is 365 g/mol. The Morgan fingerprint density at radius 1 is 1.19 bits per heavy atom. The molecule has 2 bridgehead atoms. The van der Waals surface area contributed by atoms with E-state index in [1.165, 1.54) is 5.56 Å². The van der Waals surface area contributed by atoms with Crippen molar-refractivity contribution in [1.29, 1.82) is 0 Å². The molecule has 0 saturated carbocycles. The number of amides is 1. The Hall–Kier alpha value is -2.60. The first-order valence-electron chi connectivity index (χ1n) is 9.52. The molecule has 6 heteroatoms. The van der Waals surface area contributed by atoms with E-state index in [0.717, 1.165) is 31.6 Å². The van der Waals surface area contributed by atoms with Gasteiger partial charge >= 0.3 is 0 Å². The largest absolute Gasteiger partial charge is 0.484 e. The summed E-state index contributed by atoms with van der Waals surface area (Å²) < 4.78 is 11.7. The molecule has 0 N–H and O–H groups in total. The number of benzene rings is 1. The summed E-state index contributed by atoms with van der Waals surface area (Å²) in [5.74, 6) is 1.47. The van der Waals surface area contributed by atoms with Gasteiger partial charge in [0.2, 0.25) is 5.91 Å². The number of hydrogen-bond acceptors (Lipinski definition) is 5. The number of piperazine rings is 1. The number of hydrogen-bond donors (Lipinski definition) is 0. The van der Waals surface area contributed by atoms with Crippen molar-refractivity contribution in [3.05, 3.63) is 53.7 Å². The van der Waals surface area contributed by atoms with E-state index < -0.39 is 0 Å². The molecular formula is C21H23N3O3. The SMILES string of the molecule is CC(=O)N1CC2CC1CN2Cc1ccc(C2COc3cccnc3O2)cc1. The minimum absolute atomic E-state index is 0.131. The van der Waals surface area contributed by atoms with E-state index in [4.69, 9.17) is 9.47 Å². The molecule has 5 rings (SSSR count). The van der Waals surface area contributed by atoms with Crippen LogP contribution in [-0.4, -0.2) is 52.5 Å². The molecule has 2 fully saturated rings. The Morgan fingerprint density at radius 2 is 2.04 bits per heavy atom. The van der Waals surface area contributed by atoms with Gasteiger partial charge < -0.3 is 14.4 Å². The highest BCUT2D eigenvalue weighted by Crippen LogP contribution is 2.35. The fraction of sp³-hybridized carbons (Fsp3) is 0.429. The normalized spacial score (nSPS) is 26.4. The molecule has 3 unspecified atom stereocenters. The van der Waals surface area contributed by atoms with Gasteiger partial charge in [-0.3, -0.25) is 9.69 Å². The zero-order chi connectivity index (χ0) is 18.4. The zero-order valence-electron chi connectivity index (χ0n) is 15.4. The van der Waals surface area contributed by atoms with E-state index in [0.29, 0.717) is 30.3 Å². The Morgan fingerprint density at radius 3 is 2.78 bits per heavy atom. The lowest BCUT2D eigenvalue weighted by Crippen LogP contribution is -2.47. The van der Waals surface area contributed by atoms with E-state index in [1.807, 2.05) is 17.0 Å². The van der Waals surface area contributed by atoms with Crippen molar-refractivity contribution in [2.24, 2.45) is 0 Å². The van der Waals surface area contributed by atoms with E-state index >= 15 is 0 Å². The molecule has 6 nitrogen and oxygen atoms in total. The summed E-state index contributed by atoms with van der Waals surface area (Å²) in [5.41, 5.74) is 2.39. The van der Waals surface area contributed by atoms with Gasteiger partial charge in [-0.1, -0.05) is 24.3 Å². The molecular weight excluding hydrogens is 342 g/mol. The van der Waals surface area contributed by atoms with Crippen molar-refractivity contribution in [2.75, 3.05) is 19.7 Å². The van der Waals surface area contributed by atoms with E-state index in [1.54, 1.807) is 13.1 Å². The smallest absolute Gasteiger partial charge is 0.257 e. The predicted molar refractivity (Wildman–Crippen MR) is 99.5 cm³/mol. The molecule has 0 radical (unpaired) electrons. The van der Waals surface area contributed by atoms with Gasteiger partial charge in [0.1, 0.15) is 6.61 Å². The van der Waals surface area contributed by atoms with Gasteiger partial charge in [0, 0.05) is 44.8 Å². The van der Waals surface area contributed by atoms with Crippen molar-refractivity contribution < 1.29 is 14.3 Å². The van der Waals surface area contributed by atoms with E-state index in [9.17, 15) is 4.79 Å². The van der Waals surface area contributed by atoms with Gasteiger partial charge in [-0.2, -0.15) is 0 Å². The second-order valence-corrected chi connectivity index (χ2v) is 7.61. The molecule has 1 aromatic carbocycles.